The highest BCUT2D eigenvalue weighted by Gasteiger charge is 2.21. The molecule has 1 amide bonds. The smallest absolute Gasteiger partial charge is 0.251 e. The third kappa shape index (κ3) is 3.04. The summed E-state index contributed by atoms with van der Waals surface area (Å²) in [7, 11) is 0. The van der Waals surface area contributed by atoms with Gasteiger partial charge in [-0.05, 0) is 43.9 Å². The van der Waals surface area contributed by atoms with E-state index in [9.17, 15) is 18.7 Å². The highest BCUT2D eigenvalue weighted by atomic mass is 19.2. The van der Waals surface area contributed by atoms with Gasteiger partial charge in [-0.25, -0.2) is 8.78 Å². The standard InChI is InChI=1S/C13H15F2NO2/c14-11-6-1-8(7-12(11)15)13(18)16-9-2-4-10(17)5-3-9/h1,6-7,9-10,17H,2-5H2,(H,16,18). The van der Waals surface area contributed by atoms with Crippen LogP contribution in [0.5, 0.6) is 0 Å². The van der Waals surface area contributed by atoms with Crippen LogP contribution in [-0.2, 0) is 0 Å². The number of aliphatic hydroxyl groups is 1. The molecule has 0 heterocycles. The van der Waals surface area contributed by atoms with E-state index >= 15 is 0 Å². The zero-order valence-corrected chi connectivity index (χ0v) is 9.83. The molecule has 0 radical (unpaired) electrons. The fourth-order valence-corrected chi connectivity index (χ4v) is 2.13. The van der Waals surface area contributed by atoms with Crippen molar-refractivity contribution in [2.75, 3.05) is 0 Å². The Kier molecular flexibility index (Phi) is 3.91. The van der Waals surface area contributed by atoms with Gasteiger partial charge < -0.3 is 10.4 Å². The molecular weight excluding hydrogens is 240 g/mol. The van der Waals surface area contributed by atoms with Crippen LogP contribution in [0, 0.1) is 11.6 Å². The molecule has 1 aliphatic carbocycles. The number of carbonyl (C=O) groups excluding carboxylic acids is 1. The van der Waals surface area contributed by atoms with Gasteiger partial charge in [-0.2, -0.15) is 0 Å². The number of amides is 1. The van der Waals surface area contributed by atoms with E-state index in [1.54, 1.807) is 0 Å². The number of carbonyl (C=O) groups is 1. The second kappa shape index (κ2) is 5.44. The van der Waals surface area contributed by atoms with Gasteiger partial charge in [0.05, 0.1) is 6.10 Å². The van der Waals surface area contributed by atoms with Gasteiger partial charge in [-0.1, -0.05) is 0 Å². The van der Waals surface area contributed by atoms with Gasteiger partial charge >= 0.3 is 0 Å². The summed E-state index contributed by atoms with van der Waals surface area (Å²) in [6, 6.07) is 3.08. The Morgan fingerprint density at radius 2 is 1.83 bits per heavy atom. The molecule has 3 nitrogen and oxygen atoms in total. The molecule has 0 bridgehead atoms. The van der Waals surface area contributed by atoms with Crippen LogP contribution in [0.4, 0.5) is 8.78 Å². The fourth-order valence-electron chi connectivity index (χ4n) is 2.13. The molecule has 1 saturated carbocycles. The van der Waals surface area contributed by atoms with Crippen molar-refractivity contribution in [2.45, 2.75) is 37.8 Å². The maximum absolute atomic E-state index is 13.0. The Morgan fingerprint density at radius 1 is 1.17 bits per heavy atom. The van der Waals surface area contributed by atoms with E-state index in [2.05, 4.69) is 5.32 Å². The molecule has 1 aromatic carbocycles. The van der Waals surface area contributed by atoms with Crippen molar-refractivity contribution in [3.8, 4) is 0 Å². The minimum atomic E-state index is -1.03. The second-order valence-electron chi connectivity index (χ2n) is 4.61. The first-order valence-corrected chi connectivity index (χ1v) is 6.00. The molecule has 5 heteroatoms. The third-order valence-electron chi connectivity index (χ3n) is 3.21. The maximum atomic E-state index is 13.0. The van der Waals surface area contributed by atoms with E-state index < -0.39 is 17.5 Å². The number of rotatable bonds is 2. The first-order valence-electron chi connectivity index (χ1n) is 6.00. The summed E-state index contributed by atoms with van der Waals surface area (Å²) in [6.07, 6.45) is 2.43. The molecule has 0 aliphatic heterocycles. The van der Waals surface area contributed by atoms with Crippen LogP contribution in [0.3, 0.4) is 0 Å². The Balaban J connectivity index is 1.97. The van der Waals surface area contributed by atoms with Crippen molar-refractivity contribution in [1.29, 1.82) is 0 Å². The monoisotopic (exact) mass is 255 g/mol. The average molecular weight is 255 g/mol. The summed E-state index contributed by atoms with van der Waals surface area (Å²) >= 11 is 0. The Morgan fingerprint density at radius 3 is 2.44 bits per heavy atom. The van der Waals surface area contributed by atoms with Crippen LogP contribution in [0.1, 0.15) is 36.0 Å². The highest BCUT2D eigenvalue weighted by molar-refractivity contribution is 5.94. The quantitative estimate of drug-likeness (QED) is 0.849. The molecule has 18 heavy (non-hydrogen) atoms. The molecule has 2 N–H and O–H groups in total. The molecule has 2 rings (SSSR count). The number of benzene rings is 1. The predicted octanol–water partition coefficient (Wildman–Crippen LogP) is 2.00. The molecule has 0 aromatic heterocycles. The van der Waals surface area contributed by atoms with Crippen LogP contribution in [0.25, 0.3) is 0 Å². The number of nitrogens with one attached hydrogen (secondary N) is 1. The predicted molar refractivity (Wildman–Crippen MR) is 62.1 cm³/mol. The van der Waals surface area contributed by atoms with Crippen molar-refractivity contribution in [3.63, 3.8) is 0 Å². The van der Waals surface area contributed by atoms with Gasteiger partial charge in [0, 0.05) is 11.6 Å². The van der Waals surface area contributed by atoms with Gasteiger partial charge in [0.1, 0.15) is 0 Å². The highest BCUT2D eigenvalue weighted by Crippen LogP contribution is 2.19. The summed E-state index contributed by atoms with van der Waals surface area (Å²) in [6.45, 7) is 0. The normalized spacial score (nSPS) is 23.7. The lowest BCUT2D eigenvalue weighted by Crippen LogP contribution is -2.38. The van der Waals surface area contributed by atoms with E-state index in [1.165, 1.54) is 6.07 Å². The molecule has 1 aliphatic rings. The van der Waals surface area contributed by atoms with Crippen LogP contribution in [0.2, 0.25) is 0 Å². The first kappa shape index (κ1) is 13.0. The lowest BCUT2D eigenvalue weighted by Gasteiger charge is -2.26. The van der Waals surface area contributed by atoms with Crippen LogP contribution < -0.4 is 5.32 Å². The van der Waals surface area contributed by atoms with Crippen molar-refractivity contribution in [1.82, 2.24) is 5.32 Å². The van der Waals surface area contributed by atoms with E-state index in [4.69, 9.17) is 0 Å². The number of hydrogen-bond acceptors (Lipinski definition) is 2. The molecule has 0 atom stereocenters. The fraction of sp³-hybridized carbons (Fsp3) is 0.462. The summed E-state index contributed by atoms with van der Waals surface area (Å²) in [5, 5.41) is 12.1. The van der Waals surface area contributed by atoms with E-state index in [1.807, 2.05) is 0 Å². The average Bonchev–Trinajstić information content (AvgIpc) is 2.35. The van der Waals surface area contributed by atoms with Gasteiger partial charge in [-0.15, -0.1) is 0 Å². The van der Waals surface area contributed by atoms with Gasteiger partial charge in [0.15, 0.2) is 11.6 Å². The summed E-state index contributed by atoms with van der Waals surface area (Å²) < 4.78 is 25.7. The van der Waals surface area contributed by atoms with Crippen molar-refractivity contribution >= 4 is 5.91 Å². The zero-order chi connectivity index (χ0) is 13.1. The van der Waals surface area contributed by atoms with E-state index in [0.717, 1.165) is 12.1 Å². The molecule has 1 aromatic rings. The third-order valence-corrected chi connectivity index (χ3v) is 3.21. The lowest BCUT2D eigenvalue weighted by atomic mass is 9.93. The minimum absolute atomic E-state index is 0.00554. The summed E-state index contributed by atoms with van der Waals surface area (Å²) in [4.78, 5) is 11.8. The van der Waals surface area contributed by atoms with E-state index in [-0.39, 0.29) is 17.7 Å². The maximum Gasteiger partial charge on any atom is 0.251 e. The molecule has 1 fully saturated rings. The molecule has 98 valence electrons. The largest absolute Gasteiger partial charge is 0.393 e. The summed E-state index contributed by atoms with van der Waals surface area (Å²) in [5.74, 6) is -2.40. The Bertz CT molecular complexity index is 443. The Hall–Kier alpha value is -1.49. The Labute approximate surface area is 104 Å². The van der Waals surface area contributed by atoms with Crippen molar-refractivity contribution in [2.24, 2.45) is 0 Å². The van der Waals surface area contributed by atoms with Crippen LogP contribution >= 0.6 is 0 Å². The summed E-state index contributed by atoms with van der Waals surface area (Å²) in [5.41, 5.74) is 0.111. The molecule has 0 unspecified atom stereocenters. The number of aliphatic hydroxyl groups excluding tert-OH is 1. The topological polar surface area (TPSA) is 49.3 Å². The van der Waals surface area contributed by atoms with Crippen LogP contribution in [0.15, 0.2) is 18.2 Å². The van der Waals surface area contributed by atoms with Crippen LogP contribution in [-0.4, -0.2) is 23.2 Å². The van der Waals surface area contributed by atoms with Gasteiger partial charge in [-0.3, -0.25) is 4.79 Å². The van der Waals surface area contributed by atoms with E-state index in [0.29, 0.717) is 25.7 Å². The minimum Gasteiger partial charge on any atom is -0.393 e. The number of hydrogen-bond donors (Lipinski definition) is 2. The number of halogens is 2. The van der Waals surface area contributed by atoms with Gasteiger partial charge in [0.25, 0.3) is 5.91 Å². The van der Waals surface area contributed by atoms with Gasteiger partial charge in [0.2, 0.25) is 0 Å². The van der Waals surface area contributed by atoms with Crippen molar-refractivity contribution < 1.29 is 18.7 Å². The lowest BCUT2D eigenvalue weighted by molar-refractivity contribution is 0.0867. The van der Waals surface area contributed by atoms with Crippen molar-refractivity contribution in [3.05, 3.63) is 35.4 Å². The molecule has 0 spiro atoms. The zero-order valence-electron chi connectivity index (χ0n) is 9.83. The second-order valence-corrected chi connectivity index (χ2v) is 4.61. The molecular formula is C13H15F2NO2. The first-order chi connectivity index (χ1) is 8.56. The SMILES string of the molecule is O=C(NC1CCC(O)CC1)c1ccc(F)c(F)c1. The molecule has 0 saturated heterocycles.